The molecule has 0 amide bonds. The molecule has 2 aromatic rings. The highest BCUT2D eigenvalue weighted by molar-refractivity contribution is 7.11. The minimum absolute atomic E-state index is 0.652. The van der Waals surface area contributed by atoms with Gasteiger partial charge in [-0.25, -0.2) is 4.98 Å². The smallest absolute Gasteiger partial charge is 0.0975 e. The summed E-state index contributed by atoms with van der Waals surface area (Å²) in [6.45, 7) is 10.8. The van der Waals surface area contributed by atoms with Crippen molar-refractivity contribution >= 4 is 11.3 Å². The Kier molecular flexibility index (Phi) is 5.95. The molecular formula is C18H26N2S. The van der Waals surface area contributed by atoms with Gasteiger partial charge in [-0.15, -0.1) is 11.3 Å². The summed E-state index contributed by atoms with van der Waals surface area (Å²) in [7, 11) is 0. The molecule has 0 atom stereocenters. The number of nitrogens with one attached hydrogen (secondary N) is 1. The maximum atomic E-state index is 4.91. The molecule has 1 aromatic carbocycles. The van der Waals surface area contributed by atoms with Crippen molar-refractivity contribution < 1.29 is 0 Å². The fourth-order valence-corrected chi connectivity index (χ4v) is 3.53. The van der Waals surface area contributed by atoms with Crippen LogP contribution in [0.3, 0.4) is 0 Å². The van der Waals surface area contributed by atoms with Crippen molar-refractivity contribution in [3.8, 4) is 0 Å². The summed E-state index contributed by atoms with van der Waals surface area (Å²) in [6, 6.07) is 8.73. The molecule has 0 aliphatic heterocycles. The molecule has 0 saturated carbocycles. The van der Waals surface area contributed by atoms with Gasteiger partial charge in [-0.05, 0) is 31.4 Å². The van der Waals surface area contributed by atoms with E-state index in [1.54, 1.807) is 0 Å². The third kappa shape index (κ3) is 4.94. The van der Waals surface area contributed by atoms with Crippen LogP contribution in [0.5, 0.6) is 0 Å². The predicted molar refractivity (Wildman–Crippen MR) is 92.0 cm³/mol. The zero-order valence-electron chi connectivity index (χ0n) is 13.6. The van der Waals surface area contributed by atoms with E-state index in [0.29, 0.717) is 5.92 Å². The minimum atomic E-state index is 0.652. The molecule has 0 fully saturated rings. The molecule has 0 bridgehead atoms. The summed E-state index contributed by atoms with van der Waals surface area (Å²) in [4.78, 5) is 6.32. The molecule has 21 heavy (non-hydrogen) atoms. The van der Waals surface area contributed by atoms with Crippen LogP contribution in [0.2, 0.25) is 0 Å². The fraction of sp³-hybridized carbons (Fsp3) is 0.500. The third-order valence-electron chi connectivity index (χ3n) is 3.40. The van der Waals surface area contributed by atoms with Crippen LogP contribution in [0, 0.1) is 12.8 Å². The molecule has 1 N–H and O–H groups in total. The monoisotopic (exact) mass is 302 g/mol. The Bertz CT molecular complexity index is 572. The highest BCUT2D eigenvalue weighted by atomic mass is 32.1. The Morgan fingerprint density at radius 3 is 2.76 bits per heavy atom. The second-order valence-electron chi connectivity index (χ2n) is 6.02. The Morgan fingerprint density at radius 1 is 1.29 bits per heavy atom. The molecule has 0 unspecified atom stereocenters. The number of thiazole rings is 1. The highest BCUT2D eigenvalue weighted by Gasteiger charge is 2.12. The number of benzene rings is 1. The Labute approximate surface area is 132 Å². The van der Waals surface area contributed by atoms with E-state index < -0.39 is 0 Å². The number of aryl methyl sites for hydroxylation is 1. The molecular weight excluding hydrogens is 276 g/mol. The lowest BCUT2D eigenvalue weighted by Gasteiger charge is -2.05. The van der Waals surface area contributed by atoms with Gasteiger partial charge in [0.15, 0.2) is 0 Å². The predicted octanol–water partition coefficient (Wildman–Crippen LogP) is 4.35. The molecule has 2 rings (SSSR count). The van der Waals surface area contributed by atoms with Crippen LogP contribution in [0.4, 0.5) is 0 Å². The number of hydrogen-bond acceptors (Lipinski definition) is 3. The Balaban J connectivity index is 2.17. The largest absolute Gasteiger partial charge is 0.312 e. The van der Waals surface area contributed by atoms with Crippen LogP contribution in [0.15, 0.2) is 24.3 Å². The zero-order valence-corrected chi connectivity index (χ0v) is 14.4. The van der Waals surface area contributed by atoms with Crippen molar-refractivity contribution in [3.63, 3.8) is 0 Å². The normalized spacial score (nSPS) is 11.3. The van der Waals surface area contributed by atoms with Gasteiger partial charge in [-0.1, -0.05) is 50.6 Å². The van der Waals surface area contributed by atoms with Gasteiger partial charge in [0.2, 0.25) is 0 Å². The Hall–Kier alpha value is -1.19. The van der Waals surface area contributed by atoms with E-state index in [-0.39, 0.29) is 0 Å². The summed E-state index contributed by atoms with van der Waals surface area (Å²) in [5, 5.41) is 4.67. The number of nitrogens with zero attached hydrogens (tertiary/aromatic N) is 1. The Morgan fingerprint density at radius 2 is 2.10 bits per heavy atom. The van der Waals surface area contributed by atoms with Crippen LogP contribution < -0.4 is 5.32 Å². The van der Waals surface area contributed by atoms with Crippen molar-refractivity contribution in [2.75, 3.05) is 6.54 Å². The number of rotatable bonds is 7. The van der Waals surface area contributed by atoms with E-state index >= 15 is 0 Å². The highest BCUT2D eigenvalue weighted by Crippen LogP contribution is 2.23. The van der Waals surface area contributed by atoms with E-state index in [1.807, 2.05) is 11.3 Å². The molecule has 114 valence electrons. The first kappa shape index (κ1) is 16.2. The summed E-state index contributed by atoms with van der Waals surface area (Å²) in [5.74, 6) is 0.652. The molecule has 0 aliphatic rings. The summed E-state index contributed by atoms with van der Waals surface area (Å²) in [6.07, 6.45) is 2.02. The van der Waals surface area contributed by atoms with Gasteiger partial charge in [-0.3, -0.25) is 0 Å². The van der Waals surface area contributed by atoms with Crippen molar-refractivity contribution in [1.29, 1.82) is 0 Å². The number of aromatic nitrogens is 1. The molecule has 1 aromatic heterocycles. The molecule has 0 radical (unpaired) electrons. The van der Waals surface area contributed by atoms with Gasteiger partial charge in [0.1, 0.15) is 0 Å². The average molecular weight is 302 g/mol. The van der Waals surface area contributed by atoms with Crippen LogP contribution in [-0.4, -0.2) is 11.5 Å². The first-order valence-electron chi connectivity index (χ1n) is 7.82. The van der Waals surface area contributed by atoms with Crippen molar-refractivity contribution in [2.24, 2.45) is 5.92 Å². The van der Waals surface area contributed by atoms with Gasteiger partial charge in [-0.2, -0.15) is 0 Å². The van der Waals surface area contributed by atoms with Gasteiger partial charge >= 0.3 is 0 Å². The zero-order chi connectivity index (χ0) is 15.2. The average Bonchev–Trinajstić information content (AvgIpc) is 2.77. The van der Waals surface area contributed by atoms with Crippen LogP contribution >= 0.6 is 11.3 Å². The first-order valence-corrected chi connectivity index (χ1v) is 8.63. The standard InChI is InChI=1S/C18H26N2S/c1-5-19-12-17-16(9-13(2)3)20-18(21-17)11-15-8-6-7-14(4)10-15/h6-8,10,13,19H,5,9,11-12H2,1-4H3. The lowest BCUT2D eigenvalue weighted by Crippen LogP contribution is -2.12. The van der Waals surface area contributed by atoms with Crippen LogP contribution in [0.1, 0.15) is 47.5 Å². The molecule has 0 aliphatic carbocycles. The maximum absolute atomic E-state index is 4.91. The van der Waals surface area contributed by atoms with Crippen LogP contribution in [-0.2, 0) is 19.4 Å². The SMILES string of the molecule is CCNCc1sc(Cc2cccc(C)c2)nc1CC(C)C. The summed E-state index contributed by atoms with van der Waals surface area (Å²) in [5.41, 5.74) is 3.97. The molecule has 0 spiro atoms. The van der Waals surface area contributed by atoms with E-state index in [4.69, 9.17) is 4.98 Å². The summed E-state index contributed by atoms with van der Waals surface area (Å²) < 4.78 is 0. The van der Waals surface area contributed by atoms with Gasteiger partial charge in [0.25, 0.3) is 0 Å². The topological polar surface area (TPSA) is 24.9 Å². The van der Waals surface area contributed by atoms with Crippen molar-refractivity contribution in [1.82, 2.24) is 10.3 Å². The lowest BCUT2D eigenvalue weighted by atomic mass is 10.1. The van der Waals surface area contributed by atoms with E-state index in [0.717, 1.165) is 25.9 Å². The lowest BCUT2D eigenvalue weighted by molar-refractivity contribution is 0.626. The van der Waals surface area contributed by atoms with E-state index in [1.165, 1.54) is 26.7 Å². The maximum Gasteiger partial charge on any atom is 0.0975 e. The second-order valence-corrected chi connectivity index (χ2v) is 7.19. The minimum Gasteiger partial charge on any atom is -0.312 e. The van der Waals surface area contributed by atoms with Crippen LogP contribution in [0.25, 0.3) is 0 Å². The van der Waals surface area contributed by atoms with E-state index in [2.05, 4.69) is 57.3 Å². The molecule has 1 heterocycles. The van der Waals surface area contributed by atoms with E-state index in [9.17, 15) is 0 Å². The molecule has 2 nitrogen and oxygen atoms in total. The fourth-order valence-electron chi connectivity index (χ4n) is 2.43. The molecule has 3 heteroatoms. The third-order valence-corrected chi connectivity index (χ3v) is 4.50. The van der Waals surface area contributed by atoms with Crippen molar-refractivity contribution in [3.05, 3.63) is 51.0 Å². The first-order chi connectivity index (χ1) is 10.1. The van der Waals surface area contributed by atoms with Gasteiger partial charge in [0, 0.05) is 17.8 Å². The quantitative estimate of drug-likeness (QED) is 0.822. The van der Waals surface area contributed by atoms with Gasteiger partial charge in [0.05, 0.1) is 10.7 Å². The van der Waals surface area contributed by atoms with Crippen molar-refractivity contribution in [2.45, 2.75) is 47.1 Å². The van der Waals surface area contributed by atoms with Gasteiger partial charge < -0.3 is 5.32 Å². The second kappa shape index (κ2) is 7.71. The molecule has 0 saturated heterocycles. The number of hydrogen-bond donors (Lipinski definition) is 1. The summed E-state index contributed by atoms with van der Waals surface area (Å²) >= 11 is 1.87.